The molecule has 1 amide bonds. The molecule has 12 atom stereocenters. The number of allylic oxidation sites excluding steroid dienone is 1. The van der Waals surface area contributed by atoms with Gasteiger partial charge in [0.25, 0.3) is 0 Å². The summed E-state index contributed by atoms with van der Waals surface area (Å²) in [4.78, 5) is 12.2. The normalized spacial score (nSPS) is 33.3. The third-order valence-electron chi connectivity index (χ3n) is 8.54. The number of ether oxygens (including phenoxy) is 4. The van der Waals surface area contributed by atoms with Crippen molar-refractivity contribution < 1.29 is 64.6 Å². The zero-order valence-electron chi connectivity index (χ0n) is 27.3. The van der Waals surface area contributed by atoms with Crippen LogP contribution in [-0.4, -0.2) is 140 Å². The highest BCUT2D eigenvalue weighted by Gasteiger charge is 2.50. The van der Waals surface area contributed by atoms with Crippen LogP contribution < -0.4 is 5.32 Å². The van der Waals surface area contributed by atoms with E-state index in [9.17, 15) is 45.6 Å². The van der Waals surface area contributed by atoms with Gasteiger partial charge in [-0.3, -0.25) is 4.79 Å². The van der Waals surface area contributed by atoms with Gasteiger partial charge < -0.3 is 65.1 Å². The van der Waals surface area contributed by atoms with Gasteiger partial charge in [-0.05, 0) is 12.8 Å². The Labute approximate surface area is 272 Å². The summed E-state index contributed by atoms with van der Waals surface area (Å²) in [5, 5.41) is 84.7. The van der Waals surface area contributed by atoms with Crippen LogP contribution in [0.3, 0.4) is 0 Å². The second-order valence-corrected chi connectivity index (χ2v) is 12.3. The fourth-order valence-electron chi connectivity index (χ4n) is 5.55. The van der Waals surface area contributed by atoms with Gasteiger partial charge in [0.1, 0.15) is 48.8 Å². The highest BCUT2D eigenvalue weighted by atomic mass is 16.7. The number of rotatable bonds is 22. The quantitative estimate of drug-likeness (QED) is 0.0538. The van der Waals surface area contributed by atoms with E-state index in [0.717, 1.165) is 19.3 Å². The monoisotopic (exact) mass is 665 g/mol. The standard InChI is InChI=1S/C32H59NO13/c1-3-5-6-7-8-9-10-11-12-13-14-15-16-21(36)20(33-24(37)4-2)19-43-31-29(42)27(40)30(23(18-35)45-31)46-32-28(41)26(39)25(38)22(17-34)44-32/h15-16,20-23,25-32,34-36,38-42H,3-14,17-19H2,1-2H3,(H,33,37)/b16-15+. The summed E-state index contributed by atoms with van der Waals surface area (Å²) in [6.07, 6.45) is -0.317. The molecule has 270 valence electrons. The average Bonchev–Trinajstić information content (AvgIpc) is 3.05. The molecule has 2 aliphatic heterocycles. The highest BCUT2D eigenvalue weighted by molar-refractivity contribution is 5.75. The van der Waals surface area contributed by atoms with E-state index in [1.54, 1.807) is 13.0 Å². The van der Waals surface area contributed by atoms with Gasteiger partial charge in [-0.2, -0.15) is 0 Å². The van der Waals surface area contributed by atoms with Gasteiger partial charge in [0.2, 0.25) is 5.91 Å². The van der Waals surface area contributed by atoms with Gasteiger partial charge >= 0.3 is 0 Å². The molecule has 46 heavy (non-hydrogen) atoms. The molecule has 2 saturated heterocycles. The van der Waals surface area contributed by atoms with Crippen LogP contribution in [0.2, 0.25) is 0 Å². The summed E-state index contributed by atoms with van der Waals surface area (Å²) < 4.78 is 22.2. The first-order chi connectivity index (χ1) is 22.1. The van der Waals surface area contributed by atoms with Crippen LogP contribution in [0.15, 0.2) is 12.2 Å². The minimum absolute atomic E-state index is 0.163. The highest BCUT2D eigenvalue weighted by Crippen LogP contribution is 2.29. The number of carbonyl (C=O) groups excluding carboxylic acids is 1. The number of aliphatic hydroxyl groups is 8. The molecule has 0 spiro atoms. The average molecular weight is 666 g/mol. The Kier molecular flexibility index (Phi) is 19.9. The maximum atomic E-state index is 12.2. The van der Waals surface area contributed by atoms with Crippen molar-refractivity contribution in [3.63, 3.8) is 0 Å². The number of amides is 1. The van der Waals surface area contributed by atoms with Crippen LogP contribution >= 0.6 is 0 Å². The summed E-state index contributed by atoms with van der Waals surface area (Å²) in [6.45, 7) is 2.15. The predicted molar refractivity (Wildman–Crippen MR) is 166 cm³/mol. The van der Waals surface area contributed by atoms with Gasteiger partial charge in [0, 0.05) is 6.42 Å². The van der Waals surface area contributed by atoms with E-state index in [-0.39, 0.29) is 18.9 Å². The number of hydrogen-bond acceptors (Lipinski definition) is 13. The minimum atomic E-state index is -1.78. The Hall–Kier alpha value is -1.27. The minimum Gasteiger partial charge on any atom is -0.394 e. The lowest BCUT2D eigenvalue weighted by Gasteiger charge is -2.46. The van der Waals surface area contributed by atoms with E-state index in [2.05, 4.69) is 12.2 Å². The van der Waals surface area contributed by atoms with Gasteiger partial charge in [0.15, 0.2) is 12.6 Å². The molecule has 0 aromatic rings. The Morgan fingerprint density at radius 2 is 1.33 bits per heavy atom. The molecule has 14 nitrogen and oxygen atoms in total. The molecular formula is C32H59NO13. The van der Waals surface area contributed by atoms with Gasteiger partial charge in [0.05, 0.1) is 32.0 Å². The Morgan fingerprint density at radius 3 is 1.91 bits per heavy atom. The van der Waals surface area contributed by atoms with E-state index in [0.29, 0.717) is 0 Å². The summed E-state index contributed by atoms with van der Waals surface area (Å²) in [5.74, 6) is -0.331. The fraction of sp³-hybridized carbons (Fsp3) is 0.906. The molecule has 12 unspecified atom stereocenters. The molecule has 2 heterocycles. The smallest absolute Gasteiger partial charge is 0.220 e. The maximum absolute atomic E-state index is 12.2. The van der Waals surface area contributed by atoms with Crippen molar-refractivity contribution in [1.29, 1.82) is 0 Å². The molecule has 9 N–H and O–H groups in total. The number of unbranched alkanes of at least 4 members (excludes halogenated alkanes) is 10. The van der Waals surface area contributed by atoms with Gasteiger partial charge in [-0.25, -0.2) is 0 Å². The number of carbonyl (C=O) groups is 1. The molecular weight excluding hydrogens is 606 g/mol. The van der Waals surface area contributed by atoms with Crippen LogP contribution in [0, 0.1) is 0 Å². The second-order valence-electron chi connectivity index (χ2n) is 12.3. The van der Waals surface area contributed by atoms with Crippen molar-refractivity contribution in [1.82, 2.24) is 5.32 Å². The van der Waals surface area contributed by atoms with Crippen LogP contribution in [-0.2, 0) is 23.7 Å². The lowest BCUT2D eigenvalue weighted by atomic mass is 9.97. The van der Waals surface area contributed by atoms with Crippen molar-refractivity contribution in [3.05, 3.63) is 12.2 Å². The van der Waals surface area contributed by atoms with Gasteiger partial charge in [-0.15, -0.1) is 0 Å². The van der Waals surface area contributed by atoms with Gasteiger partial charge in [-0.1, -0.05) is 83.8 Å². The largest absolute Gasteiger partial charge is 0.394 e. The molecule has 2 fully saturated rings. The van der Waals surface area contributed by atoms with Crippen LogP contribution in [0.1, 0.15) is 90.9 Å². The van der Waals surface area contributed by atoms with Crippen molar-refractivity contribution in [3.8, 4) is 0 Å². The number of hydrogen-bond donors (Lipinski definition) is 9. The molecule has 2 aliphatic rings. The summed E-state index contributed by atoms with van der Waals surface area (Å²) in [6, 6.07) is -0.903. The third-order valence-corrected chi connectivity index (χ3v) is 8.54. The van der Waals surface area contributed by atoms with E-state index >= 15 is 0 Å². The summed E-state index contributed by atoms with van der Waals surface area (Å²) in [7, 11) is 0. The summed E-state index contributed by atoms with van der Waals surface area (Å²) in [5.41, 5.74) is 0. The predicted octanol–water partition coefficient (Wildman–Crippen LogP) is -0.250. The Morgan fingerprint density at radius 1 is 0.761 bits per heavy atom. The molecule has 0 bridgehead atoms. The first-order valence-electron chi connectivity index (χ1n) is 16.9. The molecule has 0 aliphatic carbocycles. The van der Waals surface area contributed by atoms with Crippen molar-refractivity contribution in [2.24, 2.45) is 0 Å². The zero-order valence-corrected chi connectivity index (χ0v) is 27.3. The molecule has 14 heteroatoms. The molecule has 0 aromatic heterocycles. The summed E-state index contributed by atoms with van der Waals surface area (Å²) >= 11 is 0. The van der Waals surface area contributed by atoms with Crippen molar-refractivity contribution in [2.45, 2.75) is 164 Å². The first kappa shape index (κ1) is 40.9. The topological polar surface area (TPSA) is 228 Å². The third kappa shape index (κ3) is 13.0. The maximum Gasteiger partial charge on any atom is 0.220 e. The SMILES string of the molecule is CCCCCCCCCCCC/C=C/C(O)C(COC1OC(CO)C(OC2OC(CO)C(O)C(O)C2O)C(O)C1O)NC(=O)CC. The number of aliphatic hydroxyl groups excluding tert-OH is 8. The number of nitrogens with one attached hydrogen (secondary N) is 1. The van der Waals surface area contributed by atoms with E-state index in [1.165, 1.54) is 51.4 Å². The van der Waals surface area contributed by atoms with Crippen LogP contribution in [0.5, 0.6) is 0 Å². The lowest BCUT2D eigenvalue weighted by molar-refractivity contribution is -0.359. The fourth-order valence-corrected chi connectivity index (χ4v) is 5.55. The van der Waals surface area contributed by atoms with Crippen molar-refractivity contribution >= 4 is 5.91 Å². The van der Waals surface area contributed by atoms with Crippen LogP contribution in [0.4, 0.5) is 0 Å². The molecule has 0 aromatic carbocycles. The molecule has 2 rings (SSSR count). The lowest BCUT2D eigenvalue weighted by Crippen LogP contribution is -2.65. The van der Waals surface area contributed by atoms with E-state index < -0.39 is 86.8 Å². The van der Waals surface area contributed by atoms with Crippen LogP contribution in [0.25, 0.3) is 0 Å². The zero-order chi connectivity index (χ0) is 34.1. The Bertz CT molecular complexity index is 847. The second kappa shape index (κ2) is 22.4. The molecule has 0 radical (unpaired) electrons. The first-order valence-corrected chi connectivity index (χ1v) is 16.9. The Balaban J connectivity index is 1.88. The van der Waals surface area contributed by atoms with Crippen molar-refractivity contribution in [2.75, 3.05) is 19.8 Å². The van der Waals surface area contributed by atoms with E-state index in [1.807, 2.05) is 6.08 Å². The molecule has 0 saturated carbocycles. The van der Waals surface area contributed by atoms with E-state index in [4.69, 9.17) is 18.9 Å².